The summed E-state index contributed by atoms with van der Waals surface area (Å²) in [5.41, 5.74) is 2.18. The number of hydrogen-bond acceptors (Lipinski definition) is 4. The Labute approximate surface area is 118 Å². The smallest absolute Gasteiger partial charge is 0.323 e. The Morgan fingerprint density at radius 3 is 2.85 bits per heavy atom. The van der Waals surface area contributed by atoms with Crippen LogP contribution in [0.2, 0.25) is 0 Å². The number of piperidine rings is 1. The highest BCUT2D eigenvalue weighted by Gasteiger charge is 2.27. The minimum Gasteiger partial charge on any atom is -0.465 e. The molecule has 0 bridgehead atoms. The lowest BCUT2D eigenvalue weighted by molar-refractivity contribution is -0.760. The van der Waals surface area contributed by atoms with Crippen molar-refractivity contribution in [1.82, 2.24) is 5.32 Å². The van der Waals surface area contributed by atoms with E-state index in [1.165, 1.54) is 0 Å². The van der Waals surface area contributed by atoms with E-state index in [0.717, 1.165) is 24.1 Å². The Bertz CT molecular complexity index is 449. The summed E-state index contributed by atoms with van der Waals surface area (Å²) < 4.78 is 4.99. The first-order valence-corrected chi connectivity index (χ1v) is 6.96. The van der Waals surface area contributed by atoms with E-state index in [0.29, 0.717) is 19.8 Å². The lowest BCUT2D eigenvalue weighted by atomic mass is 10.0. The van der Waals surface area contributed by atoms with Gasteiger partial charge in [0, 0.05) is 6.42 Å². The molecule has 1 fully saturated rings. The number of hydrogen-bond donors (Lipinski definition) is 2. The number of benzene rings is 1. The molecule has 1 aromatic rings. The van der Waals surface area contributed by atoms with E-state index >= 15 is 0 Å². The third-order valence-corrected chi connectivity index (χ3v) is 3.17. The molecule has 0 spiro atoms. The number of ether oxygens (including phenoxy) is 1. The van der Waals surface area contributed by atoms with Crippen LogP contribution in [-0.2, 0) is 21.0 Å². The van der Waals surface area contributed by atoms with Gasteiger partial charge in [-0.15, -0.1) is 0 Å². The second kappa shape index (κ2) is 7.65. The quantitative estimate of drug-likeness (QED) is 0.585. The topological polar surface area (TPSA) is 61.5 Å². The minimum absolute atomic E-state index is 0.170. The van der Waals surface area contributed by atoms with Gasteiger partial charge in [0.15, 0.2) is 6.61 Å². The minimum atomic E-state index is -0.199. The molecule has 2 rings (SSSR count). The van der Waals surface area contributed by atoms with E-state index in [-0.39, 0.29) is 12.0 Å². The molecule has 1 aliphatic rings. The van der Waals surface area contributed by atoms with E-state index in [4.69, 9.17) is 9.57 Å². The van der Waals surface area contributed by atoms with Crippen molar-refractivity contribution in [2.75, 3.05) is 13.2 Å². The molecule has 0 radical (unpaired) electrons. The molecule has 0 aromatic heterocycles. The second-order valence-electron chi connectivity index (χ2n) is 4.70. The SMILES string of the molecule is CCOC(=O)[C@H]1CC/C(=[NH+]/OCc2ccccc2)CN1. The standard InChI is InChI=1S/C15H20N2O3/c1-2-19-15(18)14-9-8-13(10-16-14)17-20-11-12-6-4-3-5-7-12/h3-7,14,16H,2,8-11H2,1H3/p+1/b17-13-/t14-/m1/s1. The van der Waals surface area contributed by atoms with Gasteiger partial charge in [-0.3, -0.25) is 14.9 Å². The van der Waals surface area contributed by atoms with Crippen LogP contribution in [0.5, 0.6) is 0 Å². The molecule has 108 valence electrons. The maximum Gasteiger partial charge on any atom is 0.323 e. The zero-order valence-corrected chi connectivity index (χ0v) is 11.7. The fourth-order valence-corrected chi connectivity index (χ4v) is 2.08. The van der Waals surface area contributed by atoms with Gasteiger partial charge in [0.2, 0.25) is 5.71 Å². The Morgan fingerprint density at radius 2 is 2.20 bits per heavy atom. The molecule has 5 nitrogen and oxygen atoms in total. The normalized spacial score (nSPS) is 20.6. The molecule has 1 heterocycles. The molecule has 5 heteroatoms. The van der Waals surface area contributed by atoms with Gasteiger partial charge in [-0.2, -0.15) is 0 Å². The molecule has 1 atom stereocenters. The fraction of sp³-hybridized carbons (Fsp3) is 0.467. The van der Waals surface area contributed by atoms with Crippen molar-refractivity contribution in [3.8, 4) is 0 Å². The molecule has 0 aliphatic carbocycles. The fourth-order valence-electron chi connectivity index (χ4n) is 2.08. The van der Waals surface area contributed by atoms with Crippen LogP contribution in [0.3, 0.4) is 0 Å². The van der Waals surface area contributed by atoms with Crippen LogP contribution in [0.1, 0.15) is 25.3 Å². The molecule has 2 N–H and O–H groups in total. The van der Waals surface area contributed by atoms with Gasteiger partial charge in [-0.05, 0) is 24.1 Å². The molecular weight excluding hydrogens is 256 g/mol. The number of nitrogens with one attached hydrogen (secondary N) is 2. The number of rotatable bonds is 5. The second-order valence-corrected chi connectivity index (χ2v) is 4.70. The van der Waals surface area contributed by atoms with E-state index < -0.39 is 0 Å². The van der Waals surface area contributed by atoms with Gasteiger partial charge in [-0.1, -0.05) is 30.3 Å². The lowest BCUT2D eigenvalue weighted by Crippen LogP contribution is -2.74. The van der Waals surface area contributed by atoms with Crippen molar-refractivity contribution >= 4 is 11.7 Å². The molecule has 20 heavy (non-hydrogen) atoms. The average Bonchev–Trinajstić information content (AvgIpc) is 2.49. The summed E-state index contributed by atoms with van der Waals surface area (Å²) in [6, 6.07) is 9.78. The molecule has 0 saturated carbocycles. The average molecular weight is 277 g/mol. The maximum absolute atomic E-state index is 11.6. The van der Waals surface area contributed by atoms with Gasteiger partial charge in [0.1, 0.15) is 6.04 Å². The van der Waals surface area contributed by atoms with Crippen LogP contribution in [-0.4, -0.2) is 30.9 Å². The monoisotopic (exact) mass is 277 g/mol. The van der Waals surface area contributed by atoms with Gasteiger partial charge >= 0.3 is 5.97 Å². The van der Waals surface area contributed by atoms with Crippen molar-refractivity contribution in [3.05, 3.63) is 35.9 Å². The predicted octanol–water partition coefficient (Wildman–Crippen LogP) is -0.0451. The van der Waals surface area contributed by atoms with Crippen LogP contribution >= 0.6 is 0 Å². The molecular formula is C15H21N2O3+. The maximum atomic E-state index is 11.6. The van der Waals surface area contributed by atoms with E-state index in [9.17, 15) is 4.79 Å². The highest BCUT2D eigenvalue weighted by molar-refractivity contribution is 5.85. The van der Waals surface area contributed by atoms with Crippen LogP contribution in [0.4, 0.5) is 0 Å². The first-order chi connectivity index (χ1) is 9.79. The van der Waals surface area contributed by atoms with E-state index in [1.807, 2.05) is 37.3 Å². The lowest BCUT2D eigenvalue weighted by Gasteiger charge is -2.20. The molecule has 0 amide bonds. The van der Waals surface area contributed by atoms with Gasteiger partial charge in [-0.25, -0.2) is 0 Å². The summed E-state index contributed by atoms with van der Waals surface area (Å²) in [5.74, 6) is -0.170. The largest absolute Gasteiger partial charge is 0.465 e. The highest BCUT2D eigenvalue weighted by Crippen LogP contribution is 2.05. The Balaban J connectivity index is 1.73. The number of carbonyl (C=O) groups excluding carboxylic acids is 1. The van der Waals surface area contributed by atoms with Crippen LogP contribution in [0.25, 0.3) is 0 Å². The Kier molecular flexibility index (Phi) is 5.55. The molecule has 0 unspecified atom stereocenters. The molecule has 1 aliphatic heterocycles. The third kappa shape index (κ3) is 4.35. The summed E-state index contributed by atoms with van der Waals surface area (Å²) in [5, 5.41) is 6.11. The third-order valence-electron chi connectivity index (χ3n) is 3.17. The van der Waals surface area contributed by atoms with Crippen LogP contribution < -0.4 is 10.5 Å². The summed E-state index contributed by atoms with van der Waals surface area (Å²) >= 11 is 0. The Morgan fingerprint density at radius 1 is 1.40 bits per heavy atom. The van der Waals surface area contributed by atoms with E-state index in [2.05, 4.69) is 10.5 Å². The predicted molar refractivity (Wildman–Crippen MR) is 74.9 cm³/mol. The highest BCUT2D eigenvalue weighted by atomic mass is 16.6. The van der Waals surface area contributed by atoms with Gasteiger partial charge in [0.25, 0.3) is 0 Å². The Hall–Kier alpha value is -1.88. The first kappa shape index (κ1) is 14.5. The van der Waals surface area contributed by atoms with Crippen LogP contribution in [0.15, 0.2) is 30.3 Å². The van der Waals surface area contributed by atoms with Crippen LogP contribution in [0, 0.1) is 0 Å². The molecule has 1 aromatic carbocycles. The van der Waals surface area contributed by atoms with Crippen molar-refractivity contribution in [2.45, 2.75) is 32.4 Å². The van der Waals surface area contributed by atoms with Gasteiger partial charge < -0.3 is 4.74 Å². The van der Waals surface area contributed by atoms with Crippen molar-refractivity contribution in [1.29, 1.82) is 0 Å². The zero-order chi connectivity index (χ0) is 14.2. The summed E-state index contributed by atoms with van der Waals surface area (Å²) in [6.45, 7) is 3.38. The zero-order valence-electron chi connectivity index (χ0n) is 11.7. The number of esters is 1. The summed E-state index contributed by atoms with van der Waals surface area (Å²) in [6.07, 6.45) is 1.54. The van der Waals surface area contributed by atoms with E-state index in [1.54, 1.807) is 0 Å². The van der Waals surface area contributed by atoms with Crippen molar-refractivity contribution < 1.29 is 19.5 Å². The van der Waals surface area contributed by atoms with Crippen molar-refractivity contribution in [2.24, 2.45) is 0 Å². The van der Waals surface area contributed by atoms with Crippen molar-refractivity contribution in [3.63, 3.8) is 0 Å². The first-order valence-electron chi connectivity index (χ1n) is 6.96. The number of carbonyl (C=O) groups is 1. The molecule has 1 saturated heterocycles. The summed E-state index contributed by atoms with van der Waals surface area (Å²) in [4.78, 5) is 17.0. The summed E-state index contributed by atoms with van der Waals surface area (Å²) in [7, 11) is 0. The van der Waals surface area contributed by atoms with Gasteiger partial charge in [0.05, 0.1) is 13.2 Å².